The van der Waals surface area contributed by atoms with Gasteiger partial charge >= 0.3 is 0 Å². The molecule has 0 fully saturated rings. The Kier molecular flexibility index (Phi) is 4.00. The van der Waals surface area contributed by atoms with Gasteiger partial charge < -0.3 is 5.11 Å². The van der Waals surface area contributed by atoms with Crippen LogP contribution in [0.25, 0.3) is 0 Å². The quantitative estimate of drug-likeness (QED) is 0.884. The fourth-order valence-corrected chi connectivity index (χ4v) is 4.28. The molecule has 1 aromatic carbocycles. The lowest BCUT2D eigenvalue weighted by Gasteiger charge is -2.30. The monoisotopic (exact) mass is 252 g/mol. The molecule has 1 aromatic rings. The Morgan fingerprint density at radius 3 is 2.38 bits per heavy atom. The highest BCUT2D eigenvalue weighted by Crippen LogP contribution is 2.42. The summed E-state index contributed by atoms with van der Waals surface area (Å²) in [5.41, 5.74) is 1.10. The van der Waals surface area contributed by atoms with Crippen LogP contribution in [0.1, 0.15) is 18.9 Å². The number of rotatable bonds is 4. The standard InChI is InChI=1S/C13H16OS2/c1-13(10-14,9-12-15-7-8-16-12)11-5-3-2-4-6-11/h2-8,12,14H,9-10H2,1H3. The Balaban J connectivity index is 2.12. The van der Waals surface area contributed by atoms with Crippen LogP contribution in [0.2, 0.25) is 0 Å². The molecule has 2 rings (SSSR count). The van der Waals surface area contributed by atoms with E-state index < -0.39 is 0 Å². The first kappa shape index (κ1) is 12.1. The largest absolute Gasteiger partial charge is 0.395 e. The number of hydrogen-bond donors (Lipinski definition) is 1. The highest BCUT2D eigenvalue weighted by Gasteiger charge is 2.30. The summed E-state index contributed by atoms with van der Waals surface area (Å²) in [5, 5.41) is 13.9. The maximum atomic E-state index is 9.66. The van der Waals surface area contributed by atoms with Crippen LogP contribution in [-0.2, 0) is 5.41 Å². The van der Waals surface area contributed by atoms with Crippen molar-refractivity contribution in [2.75, 3.05) is 6.61 Å². The topological polar surface area (TPSA) is 20.2 Å². The molecule has 86 valence electrons. The molecule has 1 unspecified atom stereocenters. The van der Waals surface area contributed by atoms with Crippen molar-refractivity contribution in [3.8, 4) is 0 Å². The van der Waals surface area contributed by atoms with E-state index >= 15 is 0 Å². The van der Waals surface area contributed by atoms with E-state index in [1.54, 1.807) is 0 Å². The Morgan fingerprint density at radius 2 is 1.81 bits per heavy atom. The maximum Gasteiger partial charge on any atom is 0.0594 e. The van der Waals surface area contributed by atoms with E-state index in [9.17, 15) is 5.11 Å². The first-order valence-corrected chi connectivity index (χ1v) is 7.25. The third-order valence-electron chi connectivity index (χ3n) is 2.95. The molecule has 1 aliphatic rings. The molecule has 1 atom stereocenters. The van der Waals surface area contributed by atoms with Gasteiger partial charge in [0.1, 0.15) is 0 Å². The van der Waals surface area contributed by atoms with Crippen molar-refractivity contribution in [3.05, 3.63) is 46.7 Å². The van der Waals surface area contributed by atoms with Crippen LogP contribution in [0.3, 0.4) is 0 Å². The number of thioether (sulfide) groups is 2. The second kappa shape index (κ2) is 5.30. The van der Waals surface area contributed by atoms with Gasteiger partial charge in [-0.3, -0.25) is 0 Å². The van der Waals surface area contributed by atoms with E-state index in [1.165, 1.54) is 5.56 Å². The van der Waals surface area contributed by atoms with E-state index in [2.05, 4.69) is 29.9 Å². The van der Waals surface area contributed by atoms with E-state index in [0.717, 1.165) is 6.42 Å². The van der Waals surface area contributed by atoms with Crippen LogP contribution in [0.15, 0.2) is 41.1 Å². The molecule has 0 spiro atoms. The number of aliphatic hydroxyl groups is 1. The van der Waals surface area contributed by atoms with Crippen molar-refractivity contribution < 1.29 is 5.11 Å². The smallest absolute Gasteiger partial charge is 0.0594 e. The minimum absolute atomic E-state index is 0.127. The summed E-state index contributed by atoms with van der Waals surface area (Å²) in [6.07, 6.45) is 0.996. The SMILES string of the molecule is CC(CO)(CC1SC=CS1)c1ccccc1. The maximum absolute atomic E-state index is 9.66. The highest BCUT2D eigenvalue weighted by molar-refractivity contribution is 8.22. The minimum atomic E-state index is -0.127. The predicted octanol–water partition coefficient (Wildman–Crippen LogP) is 3.60. The van der Waals surface area contributed by atoms with Crippen molar-refractivity contribution in [2.45, 2.75) is 23.3 Å². The Labute approximate surface area is 105 Å². The van der Waals surface area contributed by atoms with Crippen molar-refractivity contribution >= 4 is 23.5 Å². The third-order valence-corrected chi connectivity index (χ3v) is 5.32. The van der Waals surface area contributed by atoms with Crippen LogP contribution in [-0.4, -0.2) is 16.3 Å². The van der Waals surface area contributed by atoms with E-state index in [1.807, 2.05) is 41.7 Å². The summed E-state index contributed by atoms with van der Waals surface area (Å²) in [7, 11) is 0. The first-order chi connectivity index (χ1) is 7.74. The van der Waals surface area contributed by atoms with Gasteiger partial charge in [-0.1, -0.05) is 37.3 Å². The van der Waals surface area contributed by atoms with Gasteiger partial charge in [-0.15, -0.1) is 23.5 Å². The minimum Gasteiger partial charge on any atom is -0.395 e. The van der Waals surface area contributed by atoms with Crippen molar-refractivity contribution in [1.29, 1.82) is 0 Å². The predicted molar refractivity (Wildman–Crippen MR) is 73.6 cm³/mol. The van der Waals surface area contributed by atoms with Crippen molar-refractivity contribution in [2.24, 2.45) is 0 Å². The lowest BCUT2D eigenvalue weighted by atomic mass is 9.81. The van der Waals surface area contributed by atoms with Gasteiger partial charge in [-0.05, 0) is 22.8 Å². The highest BCUT2D eigenvalue weighted by atomic mass is 32.2. The van der Waals surface area contributed by atoms with Crippen LogP contribution in [0.4, 0.5) is 0 Å². The lowest BCUT2D eigenvalue weighted by Crippen LogP contribution is -2.29. The van der Waals surface area contributed by atoms with E-state index in [0.29, 0.717) is 4.58 Å². The second-order valence-electron chi connectivity index (χ2n) is 4.26. The average molecular weight is 252 g/mol. The van der Waals surface area contributed by atoms with Gasteiger partial charge in [0.15, 0.2) is 0 Å². The van der Waals surface area contributed by atoms with Crippen molar-refractivity contribution in [3.63, 3.8) is 0 Å². The first-order valence-electron chi connectivity index (χ1n) is 5.37. The molecule has 1 N–H and O–H groups in total. The van der Waals surface area contributed by atoms with E-state index in [4.69, 9.17) is 0 Å². The summed E-state index contributed by atoms with van der Waals surface area (Å²) in [6.45, 7) is 2.34. The Bertz CT molecular complexity index is 355. The zero-order valence-electron chi connectivity index (χ0n) is 9.30. The summed E-state index contributed by atoms with van der Waals surface area (Å²) < 4.78 is 0.539. The molecule has 0 saturated carbocycles. The summed E-state index contributed by atoms with van der Waals surface area (Å²) >= 11 is 3.70. The van der Waals surface area contributed by atoms with Gasteiger partial charge in [0.25, 0.3) is 0 Å². The molecule has 1 heterocycles. The molecule has 0 aliphatic carbocycles. The zero-order chi connectivity index (χ0) is 11.4. The van der Waals surface area contributed by atoms with Gasteiger partial charge in [0.2, 0.25) is 0 Å². The van der Waals surface area contributed by atoms with Gasteiger partial charge in [-0.25, -0.2) is 0 Å². The Morgan fingerprint density at radius 1 is 1.19 bits per heavy atom. The average Bonchev–Trinajstić information content (AvgIpc) is 2.83. The van der Waals surface area contributed by atoms with Crippen molar-refractivity contribution in [1.82, 2.24) is 0 Å². The van der Waals surface area contributed by atoms with Crippen LogP contribution >= 0.6 is 23.5 Å². The van der Waals surface area contributed by atoms with Crippen LogP contribution in [0, 0.1) is 0 Å². The molecule has 0 aromatic heterocycles. The fraction of sp³-hybridized carbons (Fsp3) is 0.385. The molecule has 0 radical (unpaired) electrons. The number of aliphatic hydroxyl groups excluding tert-OH is 1. The fourth-order valence-electron chi connectivity index (χ4n) is 1.85. The molecule has 0 saturated heterocycles. The number of hydrogen-bond acceptors (Lipinski definition) is 3. The molecular weight excluding hydrogens is 236 g/mol. The molecule has 3 heteroatoms. The molecule has 16 heavy (non-hydrogen) atoms. The molecule has 0 bridgehead atoms. The molecule has 1 nitrogen and oxygen atoms in total. The second-order valence-corrected chi connectivity index (χ2v) is 6.79. The summed E-state index contributed by atoms with van der Waals surface area (Å²) in [5.74, 6) is 0. The number of benzene rings is 1. The molecule has 0 amide bonds. The summed E-state index contributed by atoms with van der Waals surface area (Å²) in [6, 6.07) is 10.3. The normalized spacial score (nSPS) is 19.9. The van der Waals surface area contributed by atoms with Gasteiger partial charge in [-0.2, -0.15) is 0 Å². The Hall–Kier alpha value is -0.380. The van der Waals surface area contributed by atoms with Crippen LogP contribution < -0.4 is 0 Å². The summed E-state index contributed by atoms with van der Waals surface area (Å²) in [4.78, 5) is 0. The third kappa shape index (κ3) is 2.65. The van der Waals surface area contributed by atoms with Crippen LogP contribution in [0.5, 0.6) is 0 Å². The molecule has 1 aliphatic heterocycles. The zero-order valence-corrected chi connectivity index (χ0v) is 10.9. The lowest BCUT2D eigenvalue weighted by molar-refractivity contribution is 0.201. The van der Waals surface area contributed by atoms with Gasteiger partial charge in [0.05, 0.1) is 11.2 Å². The molecular formula is C13H16OS2. The van der Waals surface area contributed by atoms with E-state index in [-0.39, 0.29) is 12.0 Å². The van der Waals surface area contributed by atoms with Gasteiger partial charge in [0, 0.05) is 5.41 Å².